The molecule has 7 N–H and O–H groups in total. The number of aliphatic hydroxyl groups excluding tert-OH is 2. The SMILES string of the molecule is Cc1cccnc1NC(=O)c1c(C)cc(Nc2s[nH]c(=O)c2/C(N)=N/C(O)CO)cc1Cl. The van der Waals surface area contributed by atoms with E-state index in [9.17, 15) is 14.7 Å². The van der Waals surface area contributed by atoms with Crippen LogP contribution in [0.1, 0.15) is 27.0 Å². The Bertz CT molecular complexity index is 1220. The minimum absolute atomic E-state index is 0.0173. The third kappa shape index (κ3) is 5.14. The van der Waals surface area contributed by atoms with E-state index in [0.717, 1.165) is 17.1 Å². The predicted octanol–water partition coefficient (Wildman–Crippen LogP) is 2.11. The maximum Gasteiger partial charge on any atom is 0.271 e. The van der Waals surface area contributed by atoms with Crippen molar-refractivity contribution in [2.45, 2.75) is 20.1 Å². The lowest BCUT2D eigenvalue weighted by Gasteiger charge is -2.13. The molecule has 3 rings (SSSR count). The van der Waals surface area contributed by atoms with Crippen LogP contribution in [0.5, 0.6) is 0 Å². The van der Waals surface area contributed by atoms with E-state index >= 15 is 0 Å². The van der Waals surface area contributed by atoms with Crippen molar-refractivity contribution in [3.63, 3.8) is 0 Å². The first kappa shape index (κ1) is 23.4. The van der Waals surface area contributed by atoms with E-state index in [-0.39, 0.29) is 22.0 Å². The fourth-order valence-electron chi connectivity index (χ4n) is 2.91. The number of benzene rings is 1. The van der Waals surface area contributed by atoms with Gasteiger partial charge in [-0.15, -0.1) is 0 Å². The molecular weight excluding hydrogens is 456 g/mol. The second-order valence-corrected chi connectivity index (χ2v) is 8.04. The lowest BCUT2D eigenvalue weighted by atomic mass is 10.1. The quantitative estimate of drug-likeness (QED) is 0.224. The second-order valence-electron chi connectivity index (χ2n) is 6.81. The number of nitrogens with two attached hydrogens (primary N) is 1. The first-order chi connectivity index (χ1) is 15.2. The highest BCUT2D eigenvalue weighted by Crippen LogP contribution is 2.30. The smallest absolute Gasteiger partial charge is 0.271 e. The molecule has 0 spiro atoms. The number of aromatic nitrogens is 2. The highest BCUT2D eigenvalue weighted by atomic mass is 35.5. The molecule has 0 aliphatic heterocycles. The molecule has 0 fully saturated rings. The van der Waals surface area contributed by atoms with Crippen LogP contribution >= 0.6 is 23.1 Å². The number of nitrogens with zero attached hydrogens (tertiary/aromatic N) is 2. The number of anilines is 3. The zero-order valence-corrected chi connectivity index (χ0v) is 18.7. The average molecular weight is 477 g/mol. The number of hydrogen-bond acceptors (Lipinski definition) is 8. The van der Waals surface area contributed by atoms with Crippen molar-refractivity contribution in [1.82, 2.24) is 9.36 Å². The number of amidine groups is 1. The van der Waals surface area contributed by atoms with Gasteiger partial charge in [-0.2, -0.15) is 0 Å². The maximum absolute atomic E-state index is 12.8. The van der Waals surface area contributed by atoms with E-state index in [0.29, 0.717) is 22.1 Å². The van der Waals surface area contributed by atoms with Gasteiger partial charge < -0.3 is 26.6 Å². The summed E-state index contributed by atoms with van der Waals surface area (Å²) in [6.45, 7) is 2.92. The number of pyridine rings is 1. The number of aromatic amines is 1. The number of rotatable bonds is 7. The van der Waals surface area contributed by atoms with Crippen LogP contribution in [0.25, 0.3) is 0 Å². The summed E-state index contributed by atoms with van der Waals surface area (Å²) in [5.74, 6) is -0.194. The minimum Gasteiger partial charge on any atom is -0.392 e. The van der Waals surface area contributed by atoms with Gasteiger partial charge in [0.1, 0.15) is 22.2 Å². The molecular formula is C20H21ClN6O4S. The number of aliphatic hydroxyl groups is 2. The topological polar surface area (TPSA) is 166 Å². The van der Waals surface area contributed by atoms with Gasteiger partial charge in [-0.1, -0.05) is 17.7 Å². The second kappa shape index (κ2) is 9.92. The minimum atomic E-state index is -1.45. The van der Waals surface area contributed by atoms with Gasteiger partial charge in [-0.3, -0.25) is 14.0 Å². The van der Waals surface area contributed by atoms with Gasteiger partial charge in [0.15, 0.2) is 6.23 Å². The summed E-state index contributed by atoms with van der Waals surface area (Å²) in [6, 6.07) is 6.84. The van der Waals surface area contributed by atoms with Crippen LogP contribution in [0, 0.1) is 13.8 Å². The largest absolute Gasteiger partial charge is 0.392 e. The van der Waals surface area contributed by atoms with E-state index in [2.05, 4.69) is 25.0 Å². The van der Waals surface area contributed by atoms with Gasteiger partial charge in [0.2, 0.25) is 0 Å². The van der Waals surface area contributed by atoms with Crippen molar-refractivity contribution in [2.75, 3.05) is 17.2 Å². The molecule has 10 nitrogen and oxygen atoms in total. The molecule has 0 aliphatic carbocycles. The number of carbonyl (C=O) groups excluding carboxylic acids is 1. The van der Waals surface area contributed by atoms with Crippen LogP contribution in [-0.4, -0.2) is 44.1 Å². The number of halogens is 1. The summed E-state index contributed by atoms with van der Waals surface area (Å²) < 4.78 is 2.54. The van der Waals surface area contributed by atoms with E-state index < -0.39 is 24.3 Å². The molecule has 0 aliphatic rings. The molecule has 1 amide bonds. The van der Waals surface area contributed by atoms with Gasteiger partial charge in [0.05, 0.1) is 17.2 Å². The highest BCUT2D eigenvalue weighted by Gasteiger charge is 2.19. The fourth-order valence-corrected chi connectivity index (χ4v) is 4.03. The van der Waals surface area contributed by atoms with Crippen LogP contribution in [0.2, 0.25) is 5.02 Å². The number of hydrogen-bond donors (Lipinski definition) is 6. The Morgan fingerprint density at radius 2 is 2.09 bits per heavy atom. The van der Waals surface area contributed by atoms with Gasteiger partial charge >= 0.3 is 0 Å². The number of H-pyrrole nitrogens is 1. The van der Waals surface area contributed by atoms with Crippen molar-refractivity contribution >= 4 is 51.4 Å². The molecule has 0 bridgehead atoms. The Morgan fingerprint density at radius 1 is 1.34 bits per heavy atom. The van der Waals surface area contributed by atoms with Crippen molar-refractivity contribution in [2.24, 2.45) is 10.7 Å². The normalized spacial score (nSPS) is 12.5. The Hall–Kier alpha value is -3.25. The van der Waals surface area contributed by atoms with Crippen LogP contribution in [0.4, 0.5) is 16.5 Å². The molecule has 0 saturated heterocycles. The van der Waals surface area contributed by atoms with Crippen molar-refractivity contribution in [3.05, 3.63) is 68.1 Å². The van der Waals surface area contributed by atoms with Gasteiger partial charge in [-0.25, -0.2) is 9.98 Å². The Morgan fingerprint density at radius 3 is 2.75 bits per heavy atom. The first-order valence-electron chi connectivity index (χ1n) is 9.35. The average Bonchev–Trinajstić information content (AvgIpc) is 3.09. The van der Waals surface area contributed by atoms with Crippen LogP contribution in [-0.2, 0) is 0 Å². The predicted molar refractivity (Wildman–Crippen MR) is 125 cm³/mol. The lowest BCUT2D eigenvalue weighted by Crippen LogP contribution is -2.25. The number of aliphatic imine (C=N–C) groups is 1. The van der Waals surface area contributed by atoms with E-state index in [1.165, 1.54) is 0 Å². The zero-order chi connectivity index (χ0) is 23.4. The molecule has 1 atom stereocenters. The fraction of sp³-hybridized carbons (Fsp3) is 0.200. The standard InChI is InChI=1S/C20H21ClN6O4S/c1-9-4-3-5-23-17(9)26-18(30)14-10(2)6-11(7-12(14)21)24-20-15(19(31)27-32-20)16(22)25-13(29)8-28/h3-7,13,24,28-29H,8H2,1-2H3,(H2,22,25)(H,27,31)(H,23,26,30). The van der Waals surface area contributed by atoms with Gasteiger partial charge in [0.25, 0.3) is 11.5 Å². The molecule has 1 aromatic carbocycles. The van der Waals surface area contributed by atoms with Gasteiger partial charge in [-0.05, 0) is 54.7 Å². The third-order valence-corrected chi connectivity index (χ3v) is 5.52. The van der Waals surface area contributed by atoms with E-state index in [1.54, 1.807) is 31.3 Å². The number of aryl methyl sites for hydroxylation is 2. The van der Waals surface area contributed by atoms with Crippen LogP contribution in [0.3, 0.4) is 0 Å². The molecule has 3 aromatic rings. The summed E-state index contributed by atoms with van der Waals surface area (Å²) in [6.07, 6.45) is 0.137. The van der Waals surface area contributed by atoms with E-state index in [4.69, 9.17) is 22.4 Å². The molecule has 0 radical (unpaired) electrons. The molecule has 2 aromatic heterocycles. The summed E-state index contributed by atoms with van der Waals surface area (Å²) in [7, 11) is 0. The van der Waals surface area contributed by atoms with Crippen LogP contribution < -0.4 is 21.9 Å². The third-order valence-electron chi connectivity index (χ3n) is 4.42. The zero-order valence-electron chi connectivity index (χ0n) is 17.1. The first-order valence-corrected chi connectivity index (χ1v) is 10.5. The molecule has 1 unspecified atom stereocenters. The Kier molecular flexibility index (Phi) is 7.26. The van der Waals surface area contributed by atoms with Crippen molar-refractivity contribution in [3.8, 4) is 0 Å². The van der Waals surface area contributed by atoms with Crippen LogP contribution in [0.15, 0.2) is 40.2 Å². The summed E-state index contributed by atoms with van der Waals surface area (Å²) in [5.41, 5.74) is 7.53. The molecule has 32 heavy (non-hydrogen) atoms. The number of nitrogens with one attached hydrogen (secondary N) is 3. The monoisotopic (exact) mass is 476 g/mol. The summed E-state index contributed by atoms with van der Waals surface area (Å²) in [5, 5.41) is 24.7. The Labute approximate surface area is 192 Å². The molecule has 12 heteroatoms. The summed E-state index contributed by atoms with van der Waals surface area (Å²) in [4.78, 5) is 32.8. The molecule has 0 saturated carbocycles. The maximum atomic E-state index is 12.8. The van der Waals surface area contributed by atoms with Gasteiger partial charge in [0, 0.05) is 11.9 Å². The molecule has 2 heterocycles. The molecule has 168 valence electrons. The van der Waals surface area contributed by atoms with E-state index in [1.807, 2.05) is 13.0 Å². The van der Waals surface area contributed by atoms with Crippen molar-refractivity contribution < 1.29 is 15.0 Å². The lowest BCUT2D eigenvalue weighted by molar-refractivity contribution is 0.102. The summed E-state index contributed by atoms with van der Waals surface area (Å²) >= 11 is 7.38. The number of amides is 1. The van der Waals surface area contributed by atoms with Crippen molar-refractivity contribution in [1.29, 1.82) is 0 Å². The Balaban J connectivity index is 1.88. The number of carbonyl (C=O) groups is 1. The highest BCUT2D eigenvalue weighted by molar-refractivity contribution is 7.10.